The maximum Gasteiger partial charge on any atom is 0.335 e. The average Bonchev–Trinajstić information content (AvgIpc) is 3.22. The van der Waals surface area contributed by atoms with Gasteiger partial charge >= 0.3 is 5.97 Å². The molecule has 2 saturated carbocycles. The van der Waals surface area contributed by atoms with Gasteiger partial charge in [0.25, 0.3) is 0 Å². The number of rotatable bonds is 7. The first kappa shape index (κ1) is 24.5. The number of esters is 1. The van der Waals surface area contributed by atoms with E-state index in [4.69, 9.17) is 16.3 Å². The molecule has 0 saturated heterocycles. The molecule has 1 aliphatic heterocycles. The summed E-state index contributed by atoms with van der Waals surface area (Å²) in [6, 6.07) is 7.52. The van der Waals surface area contributed by atoms with Gasteiger partial charge in [-0.3, -0.25) is 0 Å². The van der Waals surface area contributed by atoms with Crippen LogP contribution in [0.3, 0.4) is 0 Å². The quantitative estimate of drug-likeness (QED) is 0.403. The molecule has 4 rings (SSSR count). The molecule has 1 aromatic carbocycles. The molecular formula is C27H36ClNO4. The Hall–Kier alpha value is -1.66. The Labute approximate surface area is 201 Å². The van der Waals surface area contributed by atoms with Crippen molar-refractivity contribution in [1.29, 1.82) is 0 Å². The van der Waals surface area contributed by atoms with Gasteiger partial charge in [0.2, 0.25) is 0 Å². The Morgan fingerprint density at radius 2 is 2.06 bits per heavy atom. The fourth-order valence-electron chi connectivity index (χ4n) is 6.72. The van der Waals surface area contributed by atoms with Gasteiger partial charge < -0.3 is 20.3 Å². The number of ether oxygens (including phenoxy) is 1. The summed E-state index contributed by atoms with van der Waals surface area (Å²) in [6.07, 6.45) is 5.41. The first-order valence-electron chi connectivity index (χ1n) is 12.0. The maximum absolute atomic E-state index is 12.5. The summed E-state index contributed by atoms with van der Waals surface area (Å²) in [4.78, 5) is 12.5. The number of allylic oxidation sites excluding steroid dienone is 1. The van der Waals surface area contributed by atoms with Crippen molar-refractivity contribution >= 4 is 17.6 Å². The molecule has 0 aromatic heterocycles. The van der Waals surface area contributed by atoms with Crippen LogP contribution in [0.1, 0.15) is 51.5 Å². The number of cyclic esters (lactones) is 1. The molecular weight excluding hydrogens is 438 g/mol. The third-order valence-corrected chi connectivity index (χ3v) is 9.16. The molecule has 3 unspecified atom stereocenters. The lowest BCUT2D eigenvalue weighted by atomic mass is 9.46. The molecule has 2 fully saturated rings. The van der Waals surface area contributed by atoms with Crippen molar-refractivity contribution in [2.45, 2.75) is 64.6 Å². The smallest absolute Gasteiger partial charge is 0.335 e. The zero-order valence-electron chi connectivity index (χ0n) is 19.6. The molecule has 33 heavy (non-hydrogen) atoms. The van der Waals surface area contributed by atoms with Crippen LogP contribution in [0.25, 0.3) is 0 Å². The van der Waals surface area contributed by atoms with E-state index >= 15 is 0 Å². The van der Waals surface area contributed by atoms with E-state index in [2.05, 4.69) is 18.8 Å². The van der Waals surface area contributed by atoms with Gasteiger partial charge in [-0.2, -0.15) is 0 Å². The molecule has 3 N–H and O–H groups in total. The van der Waals surface area contributed by atoms with Gasteiger partial charge in [0.15, 0.2) is 0 Å². The van der Waals surface area contributed by atoms with Crippen molar-refractivity contribution in [3.63, 3.8) is 0 Å². The topological polar surface area (TPSA) is 78.8 Å². The van der Waals surface area contributed by atoms with Crippen molar-refractivity contribution in [3.05, 3.63) is 58.7 Å². The van der Waals surface area contributed by atoms with Crippen LogP contribution in [0, 0.1) is 22.7 Å². The highest BCUT2D eigenvalue weighted by Gasteiger charge is 2.57. The van der Waals surface area contributed by atoms with Gasteiger partial charge in [-0.25, -0.2) is 4.79 Å². The minimum Gasteiger partial charge on any atom is -0.458 e. The lowest BCUT2D eigenvalue weighted by Crippen LogP contribution is -2.58. The monoisotopic (exact) mass is 473 g/mol. The zero-order valence-corrected chi connectivity index (χ0v) is 20.4. The normalized spacial score (nSPS) is 35.1. The van der Waals surface area contributed by atoms with Crippen molar-refractivity contribution in [3.8, 4) is 0 Å². The SMILES string of the molecule is C=C1CCC2[C@](C)(CC[C@@H](O)[C@@]2(C)CO)C1CC(NCc1ccccc1Cl)C1=CCOC1=O. The number of hydrogen-bond acceptors (Lipinski definition) is 5. The number of halogens is 1. The van der Waals surface area contributed by atoms with Crippen molar-refractivity contribution in [2.75, 3.05) is 13.2 Å². The van der Waals surface area contributed by atoms with E-state index in [1.165, 1.54) is 5.57 Å². The van der Waals surface area contributed by atoms with Crippen LogP contribution in [0.4, 0.5) is 0 Å². The van der Waals surface area contributed by atoms with Crippen LogP contribution >= 0.6 is 11.6 Å². The Morgan fingerprint density at radius 1 is 1.30 bits per heavy atom. The van der Waals surface area contributed by atoms with Crippen LogP contribution in [-0.2, 0) is 16.1 Å². The highest BCUT2D eigenvalue weighted by molar-refractivity contribution is 6.31. The van der Waals surface area contributed by atoms with E-state index in [-0.39, 0.29) is 35.9 Å². The van der Waals surface area contributed by atoms with E-state index in [0.29, 0.717) is 30.2 Å². The summed E-state index contributed by atoms with van der Waals surface area (Å²) in [5.41, 5.74) is 2.21. The summed E-state index contributed by atoms with van der Waals surface area (Å²) in [6.45, 7) is 9.58. The second kappa shape index (κ2) is 9.53. The molecule has 1 aromatic rings. The maximum atomic E-state index is 12.5. The summed E-state index contributed by atoms with van der Waals surface area (Å²) in [5, 5.41) is 25.3. The van der Waals surface area contributed by atoms with E-state index < -0.39 is 11.5 Å². The fraction of sp³-hybridized carbons (Fsp3) is 0.593. The van der Waals surface area contributed by atoms with Gasteiger partial charge in [0.05, 0.1) is 18.3 Å². The largest absolute Gasteiger partial charge is 0.458 e. The highest BCUT2D eigenvalue weighted by Crippen LogP contribution is 2.61. The third-order valence-electron chi connectivity index (χ3n) is 8.79. The first-order chi connectivity index (χ1) is 15.7. The van der Waals surface area contributed by atoms with Gasteiger partial charge in [-0.15, -0.1) is 0 Å². The molecule has 5 nitrogen and oxygen atoms in total. The Morgan fingerprint density at radius 3 is 2.73 bits per heavy atom. The van der Waals surface area contributed by atoms with Crippen LogP contribution in [-0.4, -0.2) is 41.5 Å². The van der Waals surface area contributed by atoms with E-state index in [9.17, 15) is 15.0 Å². The molecule has 0 spiro atoms. The Kier molecular flexibility index (Phi) is 7.07. The number of aliphatic hydroxyl groups is 2. The Balaban J connectivity index is 1.62. The molecule has 3 aliphatic rings. The van der Waals surface area contributed by atoms with E-state index in [1.54, 1.807) is 0 Å². The molecule has 6 heteroatoms. The third kappa shape index (κ3) is 4.41. The van der Waals surface area contributed by atoms with Crippen LogP contribution < -0.4 is 5.32 Å². The predicted octanol–water partition coefficient (Wildman–Crippen LogP) is 4.41. The van der Waals surface area contributed by atoms with Crippen molar-refractivity contribution in [2.24, 2.45) is 22.7 Å². The van der Waals surface area contributed by atoms with Crippen molar-refractivity contribution < 1.29 is 19.7 Å². The van der Waals surface area contributed by atoms with Gasteiger partial charge in [0.1, 0.15) is 6.61 Å². The summed E-state index contributed by atoms with van der Waals surface area (Å²) in [5.74, 6) is 0.0738. The van der Waals surface area contributed by atoms with Crippen molar-refractivity contribution in [1.82, 2.24) is 5.32 Å². The number of benzene rings is 1. The minimum absolute atomic E-state index is 0.0285. The van der Waals surface area contributed by atoms with Gasteiger partial charge in [0, 0.05) is 23.0 Å². The van der Waals surface area contributed by atoms with Crippen LogP contribution in [0.2, 0.25) is 5.02 Å². The number of carbonyl (C=O) groups is 1. The number of carbonyl (C=O) groups excluding carboxylic acids is 1. The highest BCUT2D eigenvalue weighted by atomic mass is 35.5. The van der Waals surface area contributed by atoms with Gasteiger partial charge in [-0.1, -0.05) is 55.8 Å². The molecule has 180 valence electrons. The number of hydrogen-bond donors (Lipinski definition) is 3. The molecule has 0 bridgehead atoms. The average molecular weight is 474 g/mol. The van der Waals surface area contributed by atoms with Crippen LogP contribution in [0.15, 0.2) is 48.1 Å². The minimum atomic E-state index is -0.530. The lowest BCUT2D eigenvalue weighted by Gasteiger charge is -2.60. The standard InChI is InChI=1S/C27H36ClNO4/c1-17-8-9-23-26(2,12-10-24(31)27(23,3)16-30)20(17)14-22(19-11-13-33-25(19)32)29-15-18-6-4-5-7-21(18)28/h4-7,11,20,22-24,29-31H,1,8-10,12-16H2,2-3H3/t20?,22?,23?,24-,26-,27+/m1/s1. The molecule has 2 aliphatic carbocycles. The predicted molar refractivity (Wildman–Crippen MR) is 130 cm³/mol. The number of aliphatic hydroxyl groups excluding tert-OH is 2. The van der Waals surface area contributed by atoms with E-state index in [0.717, 1.165) is 31.2 Å². The first-order valence-corrected chi connectivity index (χ1v) is 12.4. The fourth-order valence-corrected chi connectivity index (χ4v) is 6.93. The van der Waals surface area contributed by atoms with Gasteiger partial charge in [-0.05, 0) is 67.1 Å². The molecule has 0 amide bonds. The number of fused-ring (bicyclic) bond motifs is 1. The summed E-state index contributed by atoms with van der Waals surface area (Å²) in [7, 11) is 0. The lowest BCUT2D eigenvalue weighted by molar-refractivity contribution is -0.153. The summed E-state index contributed by atoms with van der Waals surface area (Å²) >= 11 is 6.38. The molecule has 6 atom stereocenters. The van der Waals surface area contributed by atoms with Crippen LogP contribution in [0.5, 0.6) is 0 Å². The second-order valence-corrected chi connectivity index (χ2v) is 11.0. The molecule has 1 heterocycles. The zero-order chi connectivity index (χ0) is 23.8. The number of nitrogens with one attached hydrogen (secondary N) is 1. The van der Waals surface area contributed by atoms with E-state index in [1.807, 2.05) is 37.3 Å². The summed E-state index contributed by atoms with van der Waals surface area (Å²) < 4.78 is 5.25. The molecule has 0 radical (unpaired) electrons. The second-order valence-electron chi connectivity index (χ2n) is 10.5. The Bertz CT molecular complexity index is 946.